The first-order valence-electron chi connectivity index (χ1n) is 29.8. The number of aromatic nitrogens is 6. The molecule has 2 aliphatic heterocycles. The number of imidazole rings is 1. The fourth-order valence-electron chi connectivity index (χ4n) is 9.80. The zero-order valence-electron chi connectivity index (χ0n) is 52.9. The number of nitrogens with two attached hydrogens (primary N) is 5. The predicted molar refractivity (Wildman–Crippen MR) is 339 cm³/mol. The number of ether oxygens (including phenoxy) is 5. The van der Waals surface area contributed by atoms with Gasteiger partial charge in [0.1, 0.15) is 100 Å². The topological polar surface area (TPSA) is 627 Å². The molecule has 41 heteroatoms. The van der Waals surface area contributed by atoms with Gasteiger partial charge in [-0.25, -0.2) is 29.7 Å². The Labute approximate surface area is 559 Å². The Morgan fingerprint density at radius 1 is 0.781 bits per heavy atom. The molecule has 0 saturated carbocycles. The molecule has 4 aromatic rings. The van der Waals surface area contributed by atoms with Gasteiger partial charge in [-0.15, -0.1) is 22.7 Å². The van der Waals surface area contributed by atoms with Crippen molar-refractivity contribution < 1.29 is 103 Å². The molecule has 532 valence electrons. The number of H-pyrrole nitrogens is 1. The fraction of sp³-hybridized carbons (Fsp3) is 0.618. The number of hydrogen-bond donors (Lipinski definition) is 20. The maximum atomic E-state index is 15.2. The molecule has 0 bridgehead atoms. The molecule has 0 radical (unpaired) electrons. The van der Waals surface area contributed by atoms with Crippen LogP contribution in [0.3, 0.4) is 0 Å². The number of aromatic amines is 1. The standard InChI is InChI=1S/C55H83N17O21S3/c1-20-33(69-46(72-44(20)58)25(12-31(57)76)64-13-24(56)45(59)82)50(86)71-35(41(26-14-61-19-65-26)91-54-43(39(80)37(78)29(15-73)90-54)92-53-40(81)42(93-55(60)88)38(79)30(16-74)89-53)51(87)66-22(3)36(77)21(2)47(83)70-34(23(4)75)49(85)63-10-8-32-67-28(18-94-32)52-68-27(17-95-52)48(84)62-9-7-11-96(5)6/h14,17-19,21-25,29-30,34-43,53-54,64,73-75,77-81H,7-13,15-16,56H2,1-6H3,(H13-,57,58,59,60,61,62,63,65,66,69,70,71,72,76,82,83,84,85,86,87,88)/p+1/t21-,22+,23+,24-,25-,29-,30+,34-,35-,36-,37+,38+,39-,40-,41?,42-,43-,53+,54-/m0/s1. The second kappa shape index (κ2) is 35.8. The van der Waals surface area contributed by atoms with Crippen molar-refractivity contribution in [1.82, 2.24) is 61.8 Å². The lowest BCUT2D eigenvalue weighted by atomic mass is 9.96. The first-order chi connectivity index (χ1) is 45.3. The van der Waals surface area contributed by atoms with Crippen molar-refractivity contribution in [2.75, 3.05) is 56.8 Å². The molecule has 1 unspecified atom stereocenters. The maximum absolute atomic E-state index is 15.2. The second-order valence-electron chi connectivity index (χ2n) is 22.8. The van der Waals surface area contributed by atoms with Crippen molar-refractivity contribution in [2.45, 2.75) is 157 Å². The Bertz CT molecular complexity index is 3280. The van der Waals surface area contributed by atoms with E-state index in [1.165, 1.54) is 50.4 Å². The van der Waals surface area contributed by atoms with Crippen LogP contribution in [0.1, 0.15) is 88.8 Å². The molecule has 96 heavy (non-hydrogen) atoms. The third-order valence-corrected chi connectivity index (χ3v) is 18.2. The number of primary amides is 3. The number of nitrogens with one attached hydrogen (secondary N) is 7. The van der Waals surface area contributed by atoms with Gasteiger partial charge in [0, 0.05) is 55.2 Å². The van der Waals surface area contributed by atoms with Crippen LogP contribution in [-0.4, -0.2) is 267 Å². The van der Waals surface area contributed by atoms with Crippen LogP contribution in [-0.2, 0) is 65.0 Å². The summed E-state index contributed by atoms with van der Waals surface area (Å²) in [7, 11) is 0.254. The molecule has 25 N–H and O–H groups in total. The van der Waals surface area contributed by atoms with Crippen LogP contribution in [0.5, 0.6) is 0 Å². The van der Waals surface area contributed by atoms with E-state index in [9.17, 15) is 74.4 Å². The van der Waals surface area contributed by atoms with Gasteiger partial charge in [-0.2, -0.15) is 0 Å². The minimum atomic E-state index is -2.20. The number of nitrogens with zero attached hydrogens (tertiary/aromatic N) is 5. The summed E-state index contributed by atoms with van der Waals surface area (Å²) < 4.78 is 28.7. The Morgan fingerprint density at radius 2 is 1.47 bits per heavy atom. The Kier molecular flexibility index (Phi) is 29.0. The van der Waals surface area contributed by atoms with E-state index < -0.39 is 183 Å². The second-order valence-corrected chi connectivity index (χ2v) is 27.0. The number of carbonyl (C=O) groups is 8. The summed E-state index contributed by atoms with van der Waals surface area (Å²) in [6.45, 7) is 3.18. The highest BCUT2D eigenvalue weighted by Crippen LogP contribution is 2.35. The number of thiazole rings is 2. The maximum Gasteiger partial charge on any atom is 0.404 e. The van der Waals surface area contributed by atoms with Crippen LogP contribution in [0.4, 0.5) is 10.6 Å². The largest absolute Gasteiger partial charge is 0.441 e. The summed E-state index contributed by atoms with van der Waals surface area (Å²) in [5, 5.41) is 108. The van der Waals surface area contributed by atoms with Gasteiger partial charge in [0.25, 0.3) is 11.8 Å². The number of carbonyl (C=O) groups excluding carboxylic acids is 8. The van der Waals surface area contributed by atoms with Gasteiger partial charge < -0.3 is 130 Å². The summed E-state index contributed by atoms with van der Waals surface area (Å²) in [4.78, 5) is 131. The zero-order valence-corrected chi connectivity index (χ0v) is 55.3. The van der Waals surface area contributed by atoms with Crippen LogP contribution in [0, 0.1) is 12.8 Å². The highest BCUT2D eigenvalue weighted by atomic mass is 32.2. The molecule has 19 atom stereocenters. The Morgan fingerprint density at radius 3 is 2.09 bits per heavy atom. The zero-order chi connectivity index (χ0) is 71.0. The van der Waals surface area contributed by atoms with Gasteiger partial charge in [-0.1, -0.05) is 6.92 Å². The van der Waals surface area contributed by atoms with E-state index in [-0.39, 0.29) is 64.9 Å². The number of amides is 8. The minimum absolute atomic E-state index is 0.00498. The first kappa shape index (κ1) is 77.7. The molecule has 2 saturated heterocycles. The lowest BCUT2D eigenvalue weighted by Crippen LogP contribution is -2.65. The lowest BCUT2D eigenvalue weighted by Gasteiger charge is -2.47. The molecule has 0 aliphatic carbocycles. The van der Waals surface area contributed by atoms with Crippen LogP contribution >= 0.6 is 22.7 Å². The van der Waals surface area contributed by atoms with Crippen molar-refractivity contribution in [3.8, 4) is 10.7 Å². The van der Waals surface area contributed by atoms with Crippen LogP contribution in [0.2, 0.25) is 0 Å². The molecular formula is C55H84N17O21S3+. The van der Waals surface area contributed by atoms with Crippen LogP contribution in [0.15, 0.2) is 23.3 Å². The minimum Gasteiger partial charge on any atom is -0.441 e. The Balaban J connectivity index is 1.26. The lowest BCUT2D eigenvalue weighted by molar-refractivity contribution is -0.372. The highest BCUT2D eigenvalue weighted by Gasteiger charge is 2.54. The number of rotatable bonds is 35. The van der Waals surface area contributed by atoms with Gasteiger partial charge in [0.15, 0.2) is 18.7 Å². The number of aliphatic hydroxyl groups is 8. The van der Waals surface area contributed by atoms with Crippen molar-refractivity contribution in [1.29, 1.82) is 0 Å². The average Bonchev–Trinajstić information content (AvgIpc) is 0.885. The molecule has 6 heterocycles. The number of aliphatic hydroxyl groups excluding tert-OH is 8. The average molecular weight is 1420 g/mol. The predicted octanol–water partition coefficient (Wildman–Crippen LogP) is -7.70. The summed E-state index contributed by atoms with van der Waals surface area (Å²) in [5.74, 6) is -7.69. The van der Waals surface area contributed by atoms with Crippen molar-refractivity contribution >= 4 is 86.8 Å². The molecule has 38 nitrogen and oxygen atoms in total. The molecular weight excluding hydrogens is 1330 g/mol. The van der Waals surface area contributed by atoms with E-state index in [1.54, 1.807) is 10.8 Å². The quantitative estimate of drug-likeness (QED) is 0.0150. The summed E-state index contributed by atoms with van der Waals surface area (Å²) in [6.07, 6.45) is -20.0. The third kappa shape index (κ3) is 20.6. The normalized spacial score (nSPS) is 24.0. The van der Waals surface area contributed by atoms with E-state index in [2.05, 4.69) is 74.3 Å². The SMILES string of the molecule is Cc1c(N)nc([C@H](CC(N)=O)NC[C@H](N)C(N)=O)nc1C(=O)N[C@H](C(=O)N[C@H](C)[C@@H](O)[C@H](C)C(=O)N[C@H](C(=O)NCCc1nc(-c2nc(C(=O)NCCC[S+](C)C)cs2)cs1)[C@@H](C)O)C(O[C@@H]1O[C@@H](CO)[C@@H](O)[C@H](O)[C@@H]1O[C@H]1O[C@H](CO)[C@@H](O)[C@H](OC(N)=O)[C@@H]1O)c1cnc[nH]1. The van der Waals surface area contributed by atoms with Gasteiger partial charge in [-0.3, -0.25) is 33.6 Å². The third-order valence-electron chi connectivity index (χ3n) is 15.3. The van der Waals surface area contributed by atoms with Crippen molar-refractivity contribution in [3.05, 3.63) is 56.8 Å². The van der Waals surface area contributed by atoms with Gasteiger partial charge in [0.05, 0.1) is 85.2 Å². The van der Waals surface area contributed by atoms with Crippen LogP contribution in [0.25, 0.3) is 10.7 Å². The molecule has 4 aromatic heterocycles. The van der Waals surface area contributed by atoms with Gasteiger partial charge in [0.2, 0.25) is 29.5 Å². The number of nitrogen functional groups attached to an aromatic ring is 1. The smallest absolute Gasteiger partial charge is 0.404 e. The van der Waals surface area contributed by atoms with E-state index in [4.69, 9.17) is 52.4 Å². The monoisotopic (exact) mass is 1410 g/mol. The Hall–Kier alpha value is -7.30. The highest BCUT2D eigenvalue weighted by molar-refractivity contribution is 7.95. The van der Waals surface area contributed by atoms with Gasteiger partial charge >= 0.3 is 6.09 Å². The molecule has 0 aromatic carbocycles. The van der Waals surface area contributed by atoms with E-state index in [0.29, 0.717) is 22.3 Å². The van der Waals surface area contributed by atoms with Crippen molar-refractivity contribution in [2.24, 2.45) is 28.9 Å². The molecule has 2 aliphatic rings. The number of hydrogen-bond acceptors (Lipinski definition) is 31. The first-order valence-corrected chi connectivity index (χ1v) is 33.8. The van der Waals surface area contributed by atoms with E-state index in [0.717, 1.165) is 24.7 Å². The van der Waals surface area contributed by atoms with Crippen molar-refractivity contribution in [3.63, 3.8) is 0 Å². The van der Waals surface area contributed by atoms with Crippen LogP contribution < -0.4 is 60.6 Å². The summed E-state index contributed by atoms with van der Waals surface area (Å²) >= 11 is 2.52. The molecule has 0 spiro atoms. The van der Waals surface area contributed by atoms with E-state index >= 15 is 4.79 Å². The van der Waals surface area contributed by atoms with E-state index in [1.807, 2.05) is 0 Å². The fourth-order valence-corrected chi connectivity index (χ4v) is 12.1. The number of anilines is 1. The molecule has 8 amide bonds. The van der Waals surface area contributed by atoms with Gasteiger partial charge in [-0.05, 0) is 31.7 Å². The molecule has 6 rings (SSSR count). The summed E-state index contributed by atoms with van der Waals surface area (Å²) in [6, 6.07) is -7.85. The molecule has 2 fully saturated rings. The summed E-state index contributed by atoms with van der Waals surface area (Å²) in [5.41, 5.74) is 28.1.